The second-order valence-electron chi connectivity index (χ2n) is 4.64. The van der Waals surface area contributed by atoms with E-state index >= 15 is 0 Å². The third kappa shape index (κ3) is 1.85. The molecule has 1 aromatic carbocycles. The summed E-state index contributed by atoms with van der Waals surface area (Å²) in [6.07, 6.45) is 4.14. The Balaban J connectivity index is 1.92. The Kier molecular flexibility index (Phi) is 2.45. The average Bonchev–Trinajstić information content (AvgIpc) is 3.00. The van der Waals surface area contributed by atoms with Crippen LogP contribution in [0.4, 0.5) is 0 Å². The van der Waals surface area contributed by atoms with Gasteiger partial charge in [0.15, 0.2) is 0 Å². The number of rotatable bonds is 3. The van der Waals surface area contributed by atoms with Gasteiger partial charge in [0.1, 0.15) is 5.82 Å². The number of aromatic nitrogens is 2. The van der Waals surface area contributed by atoms with E-state index in [4.69, 9.17) is 17.3 Å². The zero-order valence-corrected chi connectivity index (χ0v) is 10.2. The van der Waals surface area contributed by atoms with Crippen molar-refractivity contribution in [1.82, 2.24) is 9.97 Å². The van der Waals surface area contributed by atoms with Crippen LogP contribution < -0.4 is 5.73 Å². The lowest BCUT2D eigenvalue weighted by Crippen LogP contribution is -2.21. The maximum Gasteiger partial charge on any atom is 0.114 e. The summed E-state index contributed by atoms with van der Waals surface area (Å²) >= 11 is 5.87. The van der Waals surface area contributed by atoms with Gasteiger partial charge in [-0.2, -0.15) is 0 Å². The van der Waals surface area contributed by atoms with Crippen LogP contribution in [0.5, 0.6) is 0 Å². The molecule has 4 heteroatoms. The van der Waals surface area contributed by atoms with Gasteiger partial charge in [-0.05, 0) is 30.5 Å². The second-order valence-corrected chi connectivity index (χ2v) is 5.07. The number of halogens is 1. The molecule has 1 aromatic heterocycles. The quantitative estimate of drug-likeness (QED) is 0.876. The fraction of sp³-hybridized carbons (Fsp3) is 0.308. The zero-order chi connectivity index (χ0) is 11.9. The van der Waals surface area contributed by atoms with E-state index in [1.807, 2.05) is 30.5 Å². The van der Waals surface area contributed by atoms with Gasteiger partial charge in [-0.25, -0.2) is 4.98 Å². The molecule has 1 saturated carbocycles. The average molecular weight is 248 g/mol. The topological polar surface area (TPSA) is 54.7 Å². The van der Waals surface area contributed by atoms with Gasteiger partial charge in [0.2, 0.25) is 0 Å². The lowest BCUT2D eigenvalue weighted by molar-refractivity contribution is 0.659. The van der Waals surface area contributed by atoms with Crippen LogP contribution in [0.1, 0.15) is 18.7 Å². The highest BCUT2D eigenvalue weighted by atomic mass is 35.5. The first-order chi connectivity index (χ1) is 8.23. The van der Waals surface area contributed by atoms with Gasteiger partial charge in [0, 0.05) is 17.0 Å². The molecular weight excluding hydrogens is 234 g/mol. The van der Waals surface area contributed by atoms with Gasteiger partial charge in [-0.1, -0.05) is 23.7 Å². The van der Waals surface area contributed by atoms with Crippen molar-refractivity contribution in [1.29, 1.82) is 0 Å². The molecule has 0 saturated heterocycles. The zero-order valence-electron chi connectivity index (χ0n) is 9.41. The lowest BCUT2D eigenvalue weighted by Gasteiger charge is -2.07. The van der Waals surface area contributed by atoms with E-state index in [0.717, 1.165) is 34.9 Å². The number of hydrogen-bond acceptors (Lipinski definition) is 2. The first kappa shape index (κ1) is 10.8. The van der Waals surface area contributed by atoms with Crippen molar-refractivity contribution in [2.75, 3.05) is 6.54 Å². The van der Waals surface area contributed by atoms with E-state index in [1.54, 1.807) is 0 Å². The molecule has 88 valence electrons. The molecule has 3 rings (SSSR count). The standard InChI is InChI=1S/C13H14ClN3/c14-10-3-1-9(2-4-10)11-7-16-12(17-11)13(8-15)5-6-13/h1-4,7H,5-6,8,15H2,(H,16,17). The van der Waals surface area contributed by atoms with Crippen LogP contribution in [0, 0.1) is 0 Å². The Hall–Kier alpha value is -1.32. The minimum Gasteiger partial charge on any atom is -0.342 e. The van der Waals surface area contributed by atoms with Crippen molar-refractivity contribution in [3.63, 3.8) is 0 Å². The molecule has 0 amide bonds. The normalized spacial score (nSPS) is 17.1. The van der Waals surface area contributed by atoms with Crippen LogP contribution in [0.15, 0.2) is 30.5 Å². The molecule has 1 heterocycles. The Labute approximate surface area is 105 Å². The van der Waals surface area contributed by atoms with Crippen LogP contribution in [0.25, 0.3) is 11.3 Å². The molecule has 2 aromatic rings. The molecule has 3 nitrogen and oxygen atoms in total. The number of imidazole rings is 1. The summed E-state index contributed by atoms with van der Waals surface area (Å²) < 4.78 is 0. The molecule has 0 spiro atoms. The summed E-state index contributed by atoms with van der Waals surface area (Å²) in [7, 11) is 0. The maximum absolute atomic E-state index is 5.87. The largest absolute Gasteiger partial charge is 0.342 e. The van der Waals surface area contributed by atoms with Crippen LogP contribution in [-0.2, 0) is 5.41 Å². The Morgan fingerprint density at radius 3 is 2.59 bits per heavy atom. The van der Waals surface area contributed by atoms with Gasteiger partial charge in [0.05, 0.1) is 11.9 Å². The first-order valence-corrected chi connectivity index (χ1v) is 6.13. The van der Waals surface area contributed by atoms with E-state index in [0.29, 0.717) is 6.54 Å². The molecule has 0 unspecified atom stereocenters. The van der Waals surface area contributed by atoms with E-state index in [9.17, 15) is 0 Å². The number of aromatic amines is 1. The molecule has 17 heavy (non-hydrogen) atoms. The van der Waals surface area contributed by atoms with Crippen molar-refractivity contribution in [3.05, 3.63) is 41.3 Å². The van der Waals surface area contributed by atoms with Crippen LogP contribution >= 0.6 is 11.6 Å². The molecule has 0 atom stereocenters. The van der Waals surface area contributed by atoms with E-state index in [-0.39, 0.29) is 5.41 Å². The summed E-state index contributed by atoms with van der Waals surface area (Å²) in [5, 5.41) is 0.745. The molecule has 0 radical (unpaired) electrons. The van der Waals surface area contributed by atoms with Crippen molar-refractivity contribution >= 4 is 11.6 Å². The summed E-state index contributed by atoms with van der Waals surface area (Å²) in [6, 6.07) is 7.74. The molecule has 0 bridgehead atoms. The molecular formula is C13H14ClN3. The highest BCUT2D eigenvalue weighted by Crippen LogP contribution is 2.46. The minimum atomic E-state index is 0.116. The highest BCUT2D eigenvalue weighted by Gasteiger charge is 2.45. The molecule has 3 N–H and O–H groups in total. The fourth-order valence-electron chi connectivity index (χ4n) is 2.06. The maximum atomic E-state index is 5.87. The number of nitrogens with zero attached hydrogens (tertiary/aromatic N) is 1. The monoisotopic (exact) mass is 247 g/mol. The highest BCUT2D eigenvalue weighted by molar-refractivity contribution is 6.30. The SMILES string of the molecule is NCC1(c2ncc(-c3ccc(Cl)cc3)[nH]2)CC1. The molecule has 0 aliphatic heterocycles. The molecule has 1 fully saturated rings. The molecule has 1 aliphatic rings. The van der Waals surface area contributed by atoms with Gasteiger partial charge < -0.3 is 10.7 Å². The van der Waals surface area contributed by atoms with Crippen LogP contribution in [0.2, 0.25) is 5.02 Å². The third-order valence-corrected chi connectivity index (χ3v) is 3.73. The predicted molar refractivity (Wildman–Crippen MR) is 69.0 cm³/mol. The summed E-state index contributed by atoms with van der Waals surface area (Å²) in [6.45, 7) is 0.667. The smallest absolute Gasteiger partial charge is 0.114 e. The third-order valence-electron chi connectivity index (χ3n) is 3.48. The fourth-order valence-corrected chi connectivity index (χ4v) is 2.18. The van der Waals surface area contributed by atoms with Gasteiger partial charge >= 0.3 is 0 Å². The number of nitrogens with two attached hydrogens (primary N) is 1. The number of nitrogens with one attached hydrogen (secondary N) is 1. The van der Waals surface area contributed by atoms with Crippen LogP contribution in [-0.4, -0.2) is 16.5 Å². The Morgan fingerprint density at radius 1 is 1.29 bits per heavy atom. The predicted octanol–water partition coefficient (Wildman–Crippen LogP) is 2.72. The van der Waals surface area contributed by atoms with Crippen LogP contribution in [0.3, 0.4) is 0 Å². The van der Waals surface area contributed by atoms with E-state index < -0.39 is 0 Å². The number of H-pyrrole nitrogens is 1. The first-order valence-electron chi connectivity index (χ1n) is 5.75. The van der Waals surface area contributed by atoms with Crippen molar-refractivity contribution < 1.29 is 0 Å². The van der Waals surface area contributed by atoms with E-state index in [2.05, 4.69) is 9.97 Å². The van der Waals surface area contributed by atoms with Crippen molar-refractivity contribution in [2.45, 2.75) is 18.3 Å². The van der Waals surface area contributed by atoms with Gasteiger partial charge in [-0.3, -0.25) is 0 Å². The summed E-state index contributed by atoms with van der Waals surface area (Å²) in [5.41, 5.74) is 8.03. The minimum absolute atomic E-state index is 0.116. The number of benzene rings is 1. The van der Waals surface area contributed by atoms with Crippen molar-refractivity contribution in [2.24, 2.45) is 5.73 Å². The second kappa shape index (κ2) is 3.86. The summed E-state index contributed by atoms with van der Waals surface area (Å²) in [4.78, 5) is 7.82. The van der Waals surface area contributed by atoms with Crippen molar-refractivity contribution in [3.8, 4) is 11.3 Å². The van der Waals surface area contributed by atoms with E-state index in [1.165, 1.54) is 0 Å². The Bertz CT molecular complexity index is 526. The Morgan fingerprint density at radius 2 is 2.00 bits per heavy atom. The molecule has 1 aliphatic carbocycles. The lowest BCUT2D eigenvalue weighted by atomic mass is 10.1. The summed E-state index contributed by atoms with van der Waals surface area (Å²) in [5.74, 6) is 1.02. The van der Waals surface area contributed by atoms with Gasteiger partial charge in [0.25, 0.3) is 0 Å². The number of hydrogen-bond donors (Lipinski definition) is 2. The van der Waals surface area contributed by atoms with Gasteiger partial charge in [-0.15, -0.1) is 0 Å².